The van der Waals surface area contributed by atoms with Crippen molar-refractivity contribution in [2.75, 3.05) is 13.1 Å². The molecule has 2 heterocycles. The number of piperidine rings is 1. The van der Waals surface area contributed by atoms with Crippen LogP contribution in [0, 0.1) is 6.92 Å². The molecule has 2 aromatic rings. The van der Waals surface area contributed by atoms with E-state index in [1.165, 1.54) is 12.8 Å². The van der Waals surface area contributed by atoms with E-state index < -0.39 is 0 Å². The molecule has 1 aromatic carbocycles. The summed E-state index contributed by atoms with van der Waals surface area (Å²) in [5.74, 6) is 0.649. The van der Waals surface area contributed by atoms with Gasteiger partial charge in [0.05, 0.1) is 11.1 Å². The van der Waals surface area contributed by atoms with Crippen molar-refractivity contribution in [1.82, 2.24) is 9.88 Å². The molecule has 1 saturated heterocycles. The Morgan fingerprint density at radius 2 is 1.96 bits per heavy atom. The number of fused-ring (bicyclic) bond motifs is 1. The highest BCUT2D eigenvalue weighted by atomic mass is 35.5. The molecule has 1 aliphatic carbocycles. The van der Waals surface area contributed by atoms with Crippen LogP contribution in [0.4, 0.5) is 0 Å². The fourth-order valence-corrected chi connectivity index (χ4v) is 3.49. The van der Waals surface area contributed by atoms with Gasteiger partial charge in [-0.1, -0.05) is 11.6 Å². The number of aryl methyl sites for hydroxylation is 1. The number of aromatic nitrogens is 1. The van der Waals surface area contributed by atoms with Crippen molar-refractivity contribution < 1.29 is 4.79 Å². The van der Waals surface area contributed by atoms with Crippen LogP contribution >= 0.6 is 24.8 Å². The van der Waals surface area contributed by atoms with Crippen LogP contribution in [0.3, 0.4) is 0 Å². The number of halogens is 2. The third-order valence-electron chi connectivity index (χ3n) is 4.96. The largest absolute Gasteiger partial charge is 0.337 e. The zero-order valence-corrected chi connectivity index (χ0v) is 16.0. The van der Waals surface area contributed by atoms with Gasteiger partial charge in [-0.25, -0.2) is 0 Å². The second kappa shape index (κ2) is 7.90. The second-order valence-corrected chi connectivity index (χ2v) is 7.04. The lowest BCUT2D eigenvalue weighted by molar-refractivity contribution is 0.0710. The van der Waals surface area contributed by atoms with Crippen molar-refractivity contribution >= 4 is 41.6 Å². The Balaban J connectivity index is 0.00000113. The van der Waals surface area contributed by atoms with E-state index in [-0.39, 0.29) is 36.8 Å². The maximum Gasteiger partial charge on any atom is 0.254 e. The summed E-state index contributed by atoms with van der Waals surface area (Å²) in [4.78, 5) is 19.8. The molecule has 1 unspecified atom stereocenters. The monoisotopic (exact) mass is 381 g/mol. The summed E-state index contributed by atoms with van der Waals surface area (Å²) in [6.07, 6.45) is 4.37. The summed E-state index contributed by atoms with van der Waals surface area (Å²) in [6.45, 7) is 3.52. The average molecular weight is 382 g/mol. The quantitative estimate of drug-likeness (QED) is 0.859. The van der Waals surface area contributed by atoms with E-state index in [0.29, 0.717) is 12.5 Å². The first kappa shape index (κ1) is 20.0. The summed E-state index contributed by atoms with van der Waals surface area (Å²) >= 11 is 0. The number of benzene rings is 1. The van der Waals surface area contributed by atoms with Gasteiger partial charge in [-0.05, 0) is 50.8 Å². The van der Waals surface area contributed by atoms with Gasteiger partial charge in [0.1, 0.15) is 0 Å². The Bertz CT molecular complexity index is 777. The van der Waals surface area contributed by atoms with Gasteiger partial charge >= 0.3 is 0 Å². The van der Waals surface area contributed by atoms with Crippen molar-refractivity contribution in [1.29, 1.82) is 0 Å². The van der Waals surface area contributed by atoms with Crippen molar-refractivity contribution in [2.45, 2.75) is 44.6 Å². The summed E-state index contributed by atoms with van der Waals surface area (Å²) < 4.78 is 0. The Morgan fingerprint density at radius 3 is 2.64 bits per heavy atom. The molecule has 0 radical (unpaired) electrons. The minimum absolute atomic E-state index is 0. The highest BCUT2D eigenvalue weighted by molar-refractivity contribution is 6.06. The van der Waals surface area contributed by atoms with Crippen LogP contribution in [0.1, 0.15) is 53.2 Å². The fourth-order valence-electron chi connectivity index (χ4n) is 3.49. The number of nitrogens with two attached hydrogens (primary N) is 1. The van der Waals surface area contributed by atoms with Crippen LogP contribution in [-0.2, 0) is 0 Å². The topological polar surface area (TPSA) is 59.2 Å². The molecule has 4 rings (SSSR count). The van der Waals surface area contributed by atoms with E-state index in [1.807, 2.05) is 17.0 Å². The Morgan fingerprint density at radius 1 is 1.20 bits per heavy atom. The van der Waals surface area contributed by atoms with Gasteiger partial charge in [0.15, 0.2) is 0 Å². The van der Waals surface area contributed by atoms with Crippen LogP contribution in [0.15, 0.2) is 24.3 Å². The van der Waals surface area contributed by atoms with Crippen LogP contribution in [0.2, 0.25) is 0 Å². The number of nitrogens with zero attached hydrogens (tertiary/aromatic N) is 2. The maximum atomic E-state index is 13.1. The number of pyridine rings is 1. The predicted octanol–water partition coefficient (Wildman–Crippen LogP) is 3.83. The van der Waals surface area contributed by atoms with Gasteiger partial charge in [0.2, 0.25) is 0 Å². The molecule has 1 aromatic heterocycles. The molecule has 1 saturated carbocycles. The summed E-state index contributed by atoms with van der Waals surface area (Å²) in [5.41, 5.74) is 10.0. The van der Waals surface area contributed by atoms with E-state index >= 15 is 0 Å². The Labute approximate surface area is 161 Å². The zero-order chi connectivity index (χ0) is 16.0. The van der Waals surface area contributed by atoms with Gasteiger partial charge in [-0.3, -0.25) is 9.78 Å². The first-order chi connectivity index (χ1) is 11.1. The number of carbonyl (C=O) groups excluding carboxylic acids is 1. The number of hydrogen-bond donors (Lipinski definition) is 1. The molecule has 1 atom stereocenters. The SMILES string of the molecule is Cc1ccc2nc(C3CC3)cc(C(=O)N3CCCC(N)C3)c2c1.Cl.Cl. The lowest BCUT2D eigenvalue weighted by Gasteiger charge is -2.31. The molecule has 1 amide bonds. The van der Waals surface area contributed by atoms with Crippen LogP contribution in [0.25, 0.3) is 10.9 Å². The van der Waals surface area contributed by atoms with Crippen LogP contribution in [-0.4, -0.2) is 34.9 Å². The number of hydrogen-bond acceptors (Lipinski definition) is 3. The van der Waals surface area contributed by atoms with Crippen molar-refractivity contribution in [3.8, 4) is 0 Å². The standard InChI is InChI=1S/C19H23N3O.2ClH/c1-12-4-7-17-15(9-12)16(10-18(21-17)13-5-6-13)19(23)22-8-2-3-14(20)11-22;;/h4,7,9-10,13-14H,2-3,5-6,8,11,20H2,1H3;2*1H. The summed E-state index contributed by atoms with van der Waals surface area (Å²) in [6, 6.07) is 8.31. The lowest BCUT2D eigenvalue weighted by Crippen LogP contribution is -2.45. The van der Waals surface area contributed by atoms with E-state index in [2.05, 4.69) is 19.1 Å². The van der Waals surface area contributed by atoms with Crippen molar-refractivity contribution in [2.24, 2.45) is 5.73 Å². The molecular weight excluding hydrogens is 357 g/mol. The normalized spacial score (nSPS) is 19.9. The predicted molar refractivity (Wildman–Crippen MR) is 106 cm³/mol. The maximum absolute atomic E-state index is 13.1. The van der Waals surface area contributed by atoms with Gasteiger partial charge in [0, 0.05) is 36.1 Å². The summed E-state index contributed by atoms with van der Waals surface area (Å²) in [5, 5.41) is 0.971. The second-order valence-electron chi connectivity index (χ2n) is 7.04. The molecule has 0 bridgehead atoms. The number of likely N-dealkylation sites (tertiary alicyclic amines) is 1. The molecule has 2 N–H and O–H groups in total. The molecule has 136 valence electrons. The van der Waals surface area contributed by atoms with Crippen molar-refractivity contribution in [3.05, 3.63) is 41.1 Å². The molecule has 1 aliphatic heterocycles. The van der Waals surface area contributed by atoms with Crippen LogP contribution in [0.5, 0.6) is 0 Å². The Kier molecular flexibility index (Phi) is 6.30. The minimum Gasteiger partial charge on any atom is -0.337 e. The molecule has 6 heteroatoms. The third kappa shape index (κ3) is 4.08. The molecule has 4 nitrogen and oxygen atoms in total. The van der Waals surface area contributed by atoms with E-state index in [9.17, 15) is 4.79 Å². The van der Waals surface area contributed by atoms with E-state index in [1.54, 1.807) is 0 Å². The van der Waals surface area contributed by atoms with E-state index in [0.717, 1.165) is 47.1 Å². The first-order valence-corrected chi connectivity index (χ1v) is 8.58. The highest BCUT2D eigenvalue weighted by Crippen LogP contribution is 2.40. The molecule has 0 spiro atoms. The molecule has 2 aliphatic rings. The van der Waals surface area contributed by atoms with Crippen LogP contribution < -0.4 is 5.73 Å². The molecule has 25 heavy (non-hydrogen) atoms. The molecular formula is C19H25Cl2N3O. The number of rotatable bonds is 2. The van der Waals surface area contributed by atoms with E-state index in [4.69, 9.17) is 10.7 Å². The van der Waals surface area contributed by atoms with Gasteiger partial charge in [-0.2, -0.15) is 0 Å². The minimum atomic E-state index is 0. The summed E-state index contributed by atoms with van der Waals surface area (Å²) in [7, 11) is 0. The Hall–Kier alpha value is -1.36. The number of carbonyl (C=O) groups is 1. The first-order valence-electron chi connectivity index (χ1n) is 8.58. The number of amides is 1. The zero-order valence-electron chi connectivity index (χ0n) is 14.4. The smallest absolute Gasteiger partial charge is 0.254 e. The molecule has 2 fully saturated rings. The van der Waals surface area contributed by atoms with Gasteiger partial charge < -0.3 is 10.6 Å². The highest BCUT2D eigenvalue weighted by Gasteiger charge is 2.29. The third-order valence-corrected chi connectivity index (χ3v) is 4.96. The lowest BCUT2D eigenvalue weighted by atomic mass is 10.0. The fraction of sp³-hybridized carbons (Fsp3) is 0.474. The van der Waals surface area contributed by atoms with Gasteiger partial charge in [-0.15, -0.1) is 24.8 Å². The van der Waals surface area contributed by atoms with Gasteiger partial charge in [0.25, 0.3) is 5.91 Å². The van der Waals surface area contributed by atoms with Crippen molar-refractivity contribution in [3.63, 3.8) is 0 Å². The average Bonchev–Trinajstić information content (AvgIpc) is 3.38.